The maximum absolute atomic E-state index is 11.6. The Morgan fingerprint density at radius 1 is 1.40 bits per heavy atom. The van der Waals surface area contributed by atoms with E-state index in [2.05, 4.69) is 4.98 Å². The summed E-state index contributed by atoms with van der Waals surface area (Å²) >= 11 is 3.10. The van der Waals surface area contributed by atoms with Gasteiger partial charge in [-0.25, -0.2) is 0 Å². The SMILES string of the molecule is COc1cccc(Sc2c(C(N)=O)[nH]c3ccsc23)c1. The number of aromatic amines is 1. The minimum Gasteiger partial charge on any atom is -0.497 e. The Kier molecular flexibility index (Phi) is 3.42. The molecule has 0 aliphatic rings. The van der Waals surface area contributed by atoms with Crippen molar-refractivity contribution in [1.29, 1.82) is 0 Å². The van der Waals surface area contributed by atoms with Crippen molar-refractivity contribution in [2.24, 2.45) is 5.73 Å². The second kappa shape index (κ2) is 5.22. The van der Waals surface area contributed by atoms with Crippen LogP contribution in [0.5, 0.6) is 5.75 Å². The number of methoxy groups -OCH3 is 1. The second-order valence-corrected chi connectivity index (χ2v) is 6.14. The summed E-state index contributed by atoms with van der Waals surface area (Å²) in [5.41, 5.74) is 6.84. The van der Waals surface area contributed by atoms with Crippen molar-refractivity contribution in [3.05, 3.63) is 41.4 Å². The predicted molar refractivity (Wildman–Crippen MR) is 81.8 cm³/mol. The highest BCUT2D eigenvalue weighted by Crippen LogP contribution is 2.39. The highest BCUT2D eigenvalue weighted by Gasteiger charge is 2.17. The normalized spacial score (nSPS) is 10.8. The number of H-pyrrole nitrogens is 1. The maximum Gasteiger partial charge on any atom is 0.266 e. The van der Waals surface area contributed by atoms with Gasteiger partial charge in [0.1, 0.15) is 11.4 Å². The predicted octanol–water partition coefficient (Wildman–Crippen LogP) is 3.49. The Labute approximate surface area is 123 Å². The smallest absolute Gasteiger partial charge is 0.266 e. The van der Waals surface area contributed by atoms with Crippen LogP contribution in [0, 0.1) is 0 Å². The van der Waals surface area contributed by atoms with Crippen LogP contribution >= 0.6 is 23.1 Å². The molecule has 1 aromatic carbocycles. The summed E-state index contributed by atoms with van der Waals surface area (Å²) in [6.07, 6.45) is 0. The summed E-state index contributed by atoms with van der Waals surface area (Å²) in [4.78, 5) is 16.5. The third kappa shape index (κ3) is 2.28. The molecule has 0 spiro atoms. The van der Waals surface area contributed by atoms with Gasteiger partial charge >= 0.3 is 0 Å². The van der Waals surface area contributed by atoms with Crippen LogP contribution in [0.2, 0.25) is 0 Å². The molecule has 1 amide bonds. The number of carbonyl (C=O) groups is 1. The summed E-state index contributed by atoms with van der Waals surface area (Å²) in [7, 11) is 1.63. The number of rotatable bonds is 4. The standard InChI is InChI=1S/C14H12N2O2S2/c1-18-8-3-2-4-9(7-8)20-13-11(14(15)17)16-10-5-6-19-12(10)13/h2-7,16H,1H3,(H2,15,17). The summed E-state index contributed by atoms with van der Waals surface area (Å²) in [5.74, 6) is 0.340. The van der Waals surface area contributed by atoms with E-state index in [1.807, 2.05) is 35.7 Å². The molecule has 4 nitrogen and oxygen atoms in total. The first kappa shape index (κ1) is 13.1. The van der Waals surface area contributed by atoms with Crippen LogP contribution in [0.25, 0.3) is 10.2 Å². The van der Waals surface area contributed by atoms with Gasteiger partial charge in [-0.2, -0.15) is 0 Å². The van der Waals surface area contributed by atoms with E-state index in [0.29, 0.717) is 5.69 Å². The zero-order valence-electron chi connectivity index (χ0n) is 10.7. The molecule has 3 rings (SSSR count). The fourth-order valence-corrected chi connectivity index (χ4v) is 4.02. The number of amides is 1. The molecule has 0 bridgehead atoms. The quantitative estimate of drug-likeness (QED) is 0.775. The molecule has 102 valence electrons. The average Bonchev–Trinajstić information content (AvgIpc) is 3.01. The van der Waals surface area contributed by atoms with Crippen LogP contribution in [-0.4, -0.2) is 18.0 Å². The monoisotopic (exact) mass is 304 g/mol. The van der Waals surface area contributed by atoms with E-state index >= 15 is 0 Å². The van der Waals surface area contributed by atoms with Crippen LogP contribution in [-0.2, 0) is 0 Å². The molecule has 3 N–H and O–H groups in total. The number of nitrogens with one attached hydrogen (secondary N) is 1. The number of fused-ring (bicyclic) bond motifs is 1. The Balaban J connectivity index is 2.06. The van der Waals surface area contributed by atoms with Crippen LogP contribution in [0.15, 0.2) is 45.5 Å². The van der Waals surface area contributed by atoms with E-state index in [-0.39, 0.29) is 0 Å². The Morgan fingerprint density at radius 2 is 2.25 bits per heavy atom. The number of nitrogens with two attached hydrogens (primary N) is 1. The number of benzene rings is 1. The van der Waals surface area contributed by atoms with Gasteiger partial charge in [0.25, 0.3) is 5.91 Å². The highest BCUT2D eigenvalue weighted by molar-refractivity contribution is 7.99. The first-order chi connectivity index (χ1) is 9.69. The lowest BCUT2D eigenvalue weighted by Crippen LogP contribution is -2.12. The Hall–Kier alpha value is -1.92. The second-order valence-electron chi connectivity index (χ2n) is 4.14. The Morgan fingerprint density at radius 3 is 3.00 bits per heavy atom. The maximum atomic E-state index is 11.6. The van der Waals surface area contributed by atoms with E-state index in [1.165, 1.54) is 11.8 Å². The molecule has 0 saturated carbocycles. The molecule has 20 heavy (non-hydrogen) atoms. The summed E-state index contributed by atoms with van der Waals surface area (Å²) in [5, 5.41) is 1.99. The first-order valence-corrected chi connectivity index (χ1v) is 7.59. The van der Waals surface area contributed by atoms with Crippen molar-refractivity contribution < 1.29 is 9.53 Å². The molecule has 3 aromatic rings. The molecule has 0 unspecified atom stereocenters. The van der Waals surface area contributed by atoms with E-state index in [0.717, 1.165) is 25.8 Å². The molecule has 0 atom stereocenters. The molecular weight excluding hydrogens is 292 g/mol. The van der Waals surface area contributed by atoms with Gasteiger partial charge in [0.15, 0.2) is 0 Å². The summed E-state index contributed by atoms with van der Waals surface area (Å²) in [6, 6.07) is 9.66. The number of carbonyl (C=O) groups excluding carboxylic acids is 1. The first-order valence-electron chi connectivity index (χ1n) is 5.90. The molecule has 0 radical (unpaired) electrons. The van der Waals surface area contributed by atoms with Crippen LogP contribution in [0.1, 0.15) is 10.5 Å². The van der Waals surface area contributed by atoms with Gasteiger partial charge < -0.3 is 15.5 Å². The van der Waals surface area contributed by atoms with Gasteiger partial charge in [-0.3, -0.25) is 4.79 Å². The van der Waals surface area contributed by atoms with Crippen LogP contribution < -0.4 is 10.5 Å². The van der Waals surface area contributed by atoms with Gasteiger partial charge in [0, 0.05) is 4.90 Å². The third-order valence-electron chi connectivity index (χ3n) is 2.87. The highest BCUT2D eigenvalue weighted by atomic mass is 32.2. The molecule has 0 aliphatic heterocycles. The van der Waals surface area contributed by atoms with Crippen molar-refractivity contribution >= 4 is 39.2 Å². The summed E-state index contributed by atoms with van der Waals surface area (Å²) < 4.78 is 6.26. The number of thiophene rings is 1. The van der Waals surface area contributed by atoms with Gasteiger partial charge in [0.2, 0.25) is 0 Å². The van der Waals surface area contributed by atoms with Crippen molar-refractivity contribution in [3.8, 4) is 5.75 Å². The van der Waals surface area contributed by atoms with Crippen LogP contribution in [0.3, 0.4) is 0 Å². The topological polar surface area (TPSA) is 68.1 Å². The van der Waals surface area contributed by atoms with E-state index < -0.39 is 5.91 Å². The van der Waals surface area contributed by atoms with Crippen LogP contribution in [0.4, 0.5) is 0 Å². The fourth-order valence-electron chi connectivity index (χ4n) is 1.94. The number of hydrogen-bond acceptors (Lipinski definition) is 4. The number of hydrogen-bond donors (Lipinski definition) is 2. The van der Waals surface area contributed by atoms with Crippen molar-refractivity contribution in [1.82, 2.24) is 4.98 Å². The fraction of sp³-hybridized carbons (Fsp3) is 0.0714. The molecule has 0 aliphatic carbocycles. The lowest BCUT2D eigenvalue weighted by atomic mass is 10.3. The molecule has 2 aromatic heterocycles. The van der Waals surface area contributed by atoms with Crippen molar-refractivity contribution in [2.45, 2.75) is 9.79 Å². The zero-order valence-corrected chi connectivity index (χ0v) is 12.3. The van der Waals surface area contributed by atoms with E-state index in [4.69, 9.17) is 10.5 Å². The summed E-state index contributed by atoms with van der Waals surface area (Å²) in [6.45, 7) is 0. The minimum atomic E-state index is -0.446. The van der Waals surface area contributed by atoms with Gasteiger partial charge in [0.05, 0.1) is 22.2 Å². The lowest BCUT2D eigenvalue weighted by Gasteiger charge is -2.04. The van der Waals surface area contributed by atoms with Crippen molar-refractivity contribution in [2.75, 3.05) is 7.11 Å². The number of ether oxygens (including phenoxy) is 1. The number of aromatic nitrogens is 1. The van der Waals surface area contributed by atoms with Gasteiger partial charge in [-0.1, -0.05) is 17.8 Å². The Bertz CT molecular complexity index is 776. The molecule has 2 heterocycles. The van der Waals surface area contributed by atoms with Gasteiger partial charge in [-0.05, 0) is 29.6 Å². The molecule has 0 saturated heterocycles. The third-order valence-corrected chi connectivity index (χ3v) is 5.03. The van der Waals surface area contributed by atoms with E-state index in [9.17, 15) is 4.79 Å². The number of primary amides is 1. The zero-order chi connectivity index (χ0) is 14.1. The minimum absolute atomic E-state index is 0.446. The molecule has 6 heteroatoms. The largest absolute Gasteiger partial charge is 0.497 e. The lowest BCUT2D eigenvalue weighted by molar-refractivity contribution is 0.0993. The average molecular weight is 304 g/mol. The van der Waals surface area contributed by atoms with Gasteiger partial charge in [-0.15, -0.1) is 11.3 Å². The molecule has 0 fully saturated rings. The van der Waals surface area contributed by atoms with E-state index in [1.54, 1.807) is 18.4 Å². The van der Waals surface area contributed by atoms with Crippen molar-refractivity contribution in [3.63, 3.8) is 0 Å². The molecular formula is C14H12N2O2S2.